The Labute approximate surface area is 103 Å². The summed E-state index contributed by atoms with van der Waals surface area (Å²) in [7, 11) is 0. The molecule has 17 heavy (non-hydrogen) atoms. The van der Waals surface area contributed by atoms with Crippen LogP contribution in [-0.2, 0) is 0 Å². The van der Waals surface area contributed by atoms with Crippen LogP contribution in [0.4, 0.5) is 0 Å². The summed E-state index contributed by atoms with van der Waals surface area (Å²) in [5.41, 5.74) is 3.88. The Morgan fingerprint density at radius 1 is 1.29 bits per heavy atom. The number of nitrogens with zero attached hydrogens (tertiary/aromatic N) is 1. The lowest BCUT2D eigenvalue weighted by Gasteiger charge is -2.37. The second-order valence-corrected chi connectivity index (χ2v) is 5.26. The number of hydrogen-bond acceptors (Lipinski definition) is 2. The van der Waals surface area contributed by atoms with Crippen molar-refractivity contribution in [2.45, 2.75) is 38.6 Å². The highest BCUT2D eigenvalue weighted by atomic mass is 14.9. The zero-order valence-electron chi connectivity index (χ0n) is 10.4. The maximum Gasteiger partial charge on any atom is 0.0373 e. The molecular formula is C15H20N2. The van der Waals surface area contributed by atoms with Gasteiger partial charge in [0.2, 0.25) is 0 Å². The van der Waals surface area contributed by atoms with Crippen LogP contribution >= 0.6 is 0 Å². The van der Waals surface area contributed by atoms with Gasteiger partial charge in [0.25, 0.3) is 0 Å². The summed E-state index contributed by atoms with van der Waals surface area (Å²) in [4.78, 5) is 4.42. The monoisotopic (exact) mass is 228 g/mol. The van der Waals surface area contributed by atoms with Gasteiger partial charge >= 0.3 is 0 Å². The van der Waals surface area contributed by atoms with Gasteiger partial charge in [-0.2, -0.15) is 0 Å². The molecule has 2 heterocycles. The SMILES string of the molecule is Cc1ccc(C2=CCC[C@@H]3CCCN[C@H]23)cn1. The summed E-state index contributed by atoms with van der Waals surface area (Å²) in [5.74, 6) is 0.838. The van der Waals surface area contributed by atoms with E-state index in [1.54, 1.807) is 0 Å². The number of allylic oxidation sites excluding steroid dienone is 1. The van der Waals surface area contributed by atoms with Crippen molar-refractivity contribution < 1.29 is 0 Å². The number of nitrogens with one attached hydrogen (secondary N) is 1. The van der Waals surface area contributed by atoms with Crippen LogP contribution in [0.25, 0.3) is 5.57 Å². The first-order valence-corrected chi connectivity index (χ1v) is 6.71. The van der Waals surface area contributed by atoms with Crippen molar-refractivity contribution in [1.82, 2.24) is 10.3 Å². The number of hydrogen-bond donors (Lipinski definition) is 1. The number of piperidine rings is 1. The summed E-state index contributed by atoms with van der Waals surface area (Å²) in [6, 6.07) is 4.90. The van der Waals surface area contributed by atoms with E-state index in [0.717, 1.165) is 18.2 Å². The molecule has 0 unspecified atom stereocenters. The van der Waals surface area contributed by atoms with E-state index in [4.69, 9.17) is 0 Å². The van der Waals surface area contributed by atoms with E-state index >= 15 is 0 Å². The second-order valence-electron chi connectivity index (χ2n) is 5.26. The second kappa shape index (κ2) is 4.61. The zero-order valence-corrected chi connectivity index (χ0v) is 10.4. The van der Waals surface area contributed by atoms with Crippen molar-refractivity contribution in [3.63, 3.8) is 0 Å². The number of fused-ring (bicyclic) bond motifs is 1. The molecule has 1 aromatic heterocycles. The third-order valence-corrected chi connectivity index (χ3v) is 4.07. The summed E-state index contributed by atoms with van der Waals surface area (Å²) < 4.78 is 0. The lowest BCUT2D eigenvalue weighted by molar-refractivity contribution is 0.304. The molecule has 2 nitrogen and oxygen atoms in total. The molecule has 0 amide bonds. The topological polar surface area (TPSA) is 24.9 Å². The molecule has 0 bridgehead atoms. The maximum atomic E-state index is 4.42. The molecule has 1 saturated heterocycles. The largest absolute Gasteiger partial charge is 0.310 e. The third kappa shape index (κ3) is 2.14. The average Bonchev–Trinajstić information content (AvgIpc) is 2.39. The fourth-order valence-electron chi connectivity index (χ4n) is 3.15. The highest BCUT2D eigenvalue weighted by Gasteiger charge is 2.30. The van der Waals surface area contributed by atoms with Crippen LogP contribution in [0.2, 0.25) is 0 Å². The molecule has 2 aliphatic rings. The Hall–Kier alpha value is -1.15. The summed E-state index contributed by atoms with van der Waals surface area (Å²) >= 11 is 0. The van der Waals surface area contributed by atoms with Gasteiger partial charge in [-0.3, -0.25) is 4.98 Å². The molecule has 1 N–H and O–H groups in total. The predicted molar refractivity (Wildman–Crippen MR) is 70.7 cm³/mol. The number of aromatic nitrogens is 1. The van der Waals surface area contributed by atoms with Gasteiger partial charge in [0.05, 0.1) is 0 Å². The molecule has 1 aromatic rings. The normalized spacial score (nSPS) is 28.4. The number of pyridine rings is 1. The summed E-state index contributed by atoms with van der Waals surface area (Å²) in [6.07, 6.45) is 9.73. The highest BCUT2D eigenvalue weighted by molar-refractivity contribution is 5.70. The van der Waals surface area contributed by atoms with E-state index in [-0.39, 0.29) is 0 Å². The zero-order chi connectivity index (χ0) is 11.7. The smallest absolute Gasteiger partial charge is 0.0373 e. The Bertz CT molecular complexity index is 419. The van der Waals surface area contributed by atoms with E-state index < -0.39 is 0 Å². The summed E-state index contributed by atoms with van der Waals surface area (Å²) in [5, 5.41) is 3.69. The average molecular weight is 228 g/mol. The van der Waals surface area contributed by atoms with Gasteiger partial charge in [0.1, 0.15) is 0 Å². The fraction of sp³-hybridized carbons (Fsp3) is 0.533. The molecule has 0 saturated carbocycles. The van der Waals surface area contributed by atoms with E-state index in [2.05, 4.69) is 28.5 Å². The quantitative estimate of drug-likeness (QED) is 0.799. The molecule has 2 atom stereocenters. The first-order chi connectivity index (χ1) is 8.34. The van der Waals surface area contributed by atoms with Gasteiger partial charge in [-0.05, 0) is 62.3 Å². The van der Waals surface area contributed by atoms with Gasteiger partial charge < -0.3 is 5.32 Å². The van der Waals surface area contributed by atoms with Crippen molar-refractivity contribution >= 4 is 5.57 Å². The molecule has 0 aromatic carbocycles. The minimum absolute atomic E-state index is 0.571. The number of rotatable bonds is 1. The van der Waals surface area contributed by atoms with E-state index in [1.807, 2.05) is 13.1 Å². The molecule has 0 radical (unpaired) electrons. The van der Waals surface area contributed by atoms with Crippen LogP contribution in [0.3, 0.4) is 0 Å². The maximum absolute atomic E-state index is 4.42. The van der Waals surface area contributed by atoms with Crippen molar-refractivity contribution in [1.29, 1.82) is 0 Å². The number of aryl methyl sites for hydroxylation is 1. The van der Waals surface area contributed by atoms with Crippen LogP contribution < -0.4 is 5.32 Å². The van der Waals surface area contributed by atoms with E-state index in [1.165, 1.54) is 36.8 Å². The van der Waals surface area contributed by atoms with Crippen molar-refractivity contribution in [2.24, 2.45) is 5.92 Å². The van der Waals surface area contributed by atoms with Gasteiger partial charge in [-0.1, -0.05) is 12.1 Å². The lowest BCUT2D eigenvalue weighted by Crippen LogP contribution is -2.43. The molecule has 2 heteroatoms. The van der Waals surface area contributed by atoms with Crippen molar-refractivity contribution in [3.05, 3.63) is 35.7 Å². The standard InChI is InChI=1S/C15H20N2/c1-11-7-8-13(10-17-11)14-6-2-4-12-5-3-9-16-15(12)14/h6-8,10,12,15-16H,2-5,9H2,1H3/t12-,15+/m1/s1. The van der Waals surface area contributed by atoms with E-state index in [0.29, 0.717) is 6.04 Å². The minimum Gasteiger partial charge on any atom is -0.310 e. The Balaban J connectivity index is 1.90. The summed E-state index contributed by atoms with van der Waals surface area (Å²) in [6.45, 7) is 3.21. The molecule has 1 fully saturated rings. The first kappa shape index (κ1) is 11.0. The van der Waals surface area contributed by atoms with Crippen LogP contribution in [0.1, 0.15) is 36.9 Å². The molecule has 90 valence electrons. The van der Waals surface area contributed by atoms with Gasteiger partial charge in [-0.25, -0.2) is 0 Å². The molecular weight excluding hydrogens is 208 g/mol. The van der Waals surface area contributed by atoms with Crippen molar-refractivity contribution in [3.8, 4) is 0 Å². The Kier molecular flexibility index (Phi) is 2.98. The van der Waals surface area contributed by atoms with Crippen LogP contribution in [-0.4, -0.2) is 17.6 Å². The van der Waals surface area contributed by atoms with Crippen LogP contribution in [0.15, 0.2) is 24.4 Å². The lowest BCUT2D eigenvalue weighted by atomic mass is 9.77. The minimum atomic E-state index is 0.571. The molecule has 1 aliphatic carbocycles. The molecule has 3 rings (SSSR count). The van der Waals surface area contributed by atoms with Crippen molar-refractivity contribution in [2.75, 3.05) is 6.54 Å². The van der Waals surface area contributed by atoms with E-state index in [9.17, 15) is 0 Å². The van der Waals surface area contributed by atoms with Gasteiger partial charge in [0, 0.05) is 17.9 Å². The Morgan fingerprint density at radius 2 is 2.24 bits per heavy atom. The fourth-order valence-corrected chi connectivity index (χ4v) is 3.15. The third-order valence-electron chi connectivity index (χ3n) is 4.07. The molecule has 0 spiro atoms. The molecule has 1 aliphatic heterocycles. The predicted octanol–water partition coefficient (Wildman–Crippen LogP) is 2.94. The van der Waals surface area contributed by atoms with Crippen LogP contribution in [0.5, 0.6) is 0 Å². The van der Waals surface area contributed by atoms with Gasteiger partial charge in [-0.15, -0.1) is 0 Å². The van der Waals surface area contributed by atoms with Crippen LogP contribution in [0, 0.1) is 12.8 Å². The van der Waals surface area contributed by atoms with Gasteiger partial charge in [0.15, 0.2) is 0 Å². The highest BCUT2D eigenvalue weighted by Crippen LogP contribution is 2.35. The first-order valence-electron chi connectivity index (χ1n) is 6.71. The Morgan fingerprint density at radius 3 is 3.06 bits per heavy atom.